The van der Waals surface area contributed by atoms with Crippen LogP contribution in [0.1, 0.15) is 50.9 Å². The molecule has 1 saturated heterocycles. The molecule has 1 aliphatic rings. The number of hydrogen-bond acceptors (Lipinski definition) is 6. The molecule has 1 amide bonds. The highest BCUT2D eigenvalue weighted by atomic mass is 79.9. The standard InChI is InChI=1S/C13H15NO3.C6H5BrS.C6H12O2/c1-17-13(16)11-8-5-9-14(11)12(15)10-6-3-2-4-7-10;7-5-1-3-6(8)4-2-5;1-5(7)8-6(2,3)4/h2-4,6-7,11H,5,8-9H2,1H3;1-4,8H;1-4H3. The molecule has 1 heterocycles. The Morgan fingerprint density at radius 2 is 1.61 bits per heavy atom. The lowest BCUT2D eigenvalue weighted by Crippen LogP contribution is -2.41. The van der Waals surface area contributed by atoms with Gasteiger partial charge in [0.05, 0.1) is 7.11 Å². The van der Waals surface area contributed by atoms with Gasteiger partial charge in [-0.3, -0.25) is 9.59 Å². The van der Waals surface area contributed by atoms with Crippen molar-refractivity contribution in [3.63, 3.8) is 0 Å². The Morgan fingerprint density at radius 3 is 2.03 bits per heavy atom. The lowest BCUT2D eigenvalue weighted by atomic mass is 10.1. The van der Waals surface area contributed by atoms with Gasteiger partial charge in [-0.05, 0) is 70.0 Å². The quantitative estimate of drug-likeness (QED) is 0.401. The first-order valence-corrected chi connectivity index (χ1v) is 11.8. The van der Waals surface area contributed by atoms with Crippen LogP contribution in [0.2, 0.25) is 0 Å². The van der Waals surface area contributed by atoms with Crippen molar-refractivity contribution in [2.24, 2.45) is 0 Å². The van der Waals surface area contributed by atoms with Crippen LogP contribution in [-0.4, -0.2) is 48.0 Å². The Hall–Kier alpha value is -2.32. The summed E-state index contributed by atoms with van der Waals surface area (Å²) in [6.07, 6.45) is 1.53. The summed E-state index contributed by atoms with van der Waals surface area (Å²) in [5, 5.41) is 0. The SMILES string of the molecule is CC(=O)OC(C)(C)C.COC(=O)C1CCCN1C(=O)c1ccccc1.Sc1ccc(Br)cc1. The van der Waals surface area contributed by atoms with Gasteiger partial charge in [-0.2, -0.15) is 0 Å². The molecule has 0 aliphatic carbocycles. The number of methoxy groups -OCH3 is 1. The van der Waals surface area contributed by atoms with Crippen molar-refractivity contribution in [1.82, 2.24) is 4.90 Å². The molecule has 0 N–H and O–H groups in total. The smallest absolute Gasteiger partial charge is 0.328 e. The summed E-state index contributed by atoms with van der Waals surface area (Å²) < 4.78 is 10.6. The second-order valence-corrected chi connectivity index (χ2v) is 9.66. The van der Waals surface area contributed by atoms with Gasteiger partial charge in [-0.1, -0.05) is 34.1 Å². The average Bonchev–Trinajstić information content (AvgIpc) is 3.24. The first-order chi connectivity index (χ1) is 15.4. The molecular formula is C25H32BrNO5S. The van der Waals surface area contributed by atoms with Crippen LogP contribution in [0.5, 0.6) is 0 Å². The summed E-state index contributed by atoms with van der Waals surface area (Å²) in [5.41, 5.74) is 0.287. The summed E-state index contributed by atoms with van der Waals surface area (Å²) in [6.45, 7) is 7.55. The zero-order chi connectivity index (χ0) is 25.0. The maximum absolute atomic E-state index is 12.2. The van der Waals surface area contributed by atoms with Crippen LogP contribution in [0.25, 0.3) is 0 Å². The summed E-state index contributed by atoms with van der Waals surface area (Å²) in [5.74, 6) is -0.650. The normalized spacial score (nSPS) is 14.8. The Labute approximate surface area is 210 Å². The van der Waals surface area contributed by atoms with Crippen LogP contribution >= 0.6 is 28.6 Å². The van der Waals surface area contributed by atoms with E-state index in [2.05, 4.69) is 28.6 Å². The predicted molar refractivity (Wildman–Crippen MR) is 135 cm³/mol. The lowest BCUT2D eigenvalue weighted by Gasteiger charge is -2.22. The van der Waals surface area contributed by atoms with Gasteiger partial charge in [0.25, 0.3) is 5.91 Å². The van der Waals surface area contributed by atoms with Crippen LogP contribution in [0, 0.1) is 0 Å². The van der Waals surface area contributed by atoms with Gasteiger partial charge in [0.2, 0.25) is 0 Å². The van der Waals surface area contributed by atoms with Crippen molar-refractivity contribution in [1.29, 1.82) is 0 Å². The largest absolute Gasteiger partial charge is 0.467 e. The maximum atomic E-state index is 12.2. The minimum Gasteiger partial charge on any atom is -0.467 e. The molecule has 2 aromatic rings. The Morgan fingerprint density at radius 1 is 1.03 bits per heavy atom. The summed E-state index contributed by atoms with van der Waals surface area (Å²) in [6, 6.07) is 16.4. The van der Waals surface area contributed by atoms with Crippen molar-refractivity contribution in [3.8, 4) is 0 Å². The molecule has 0 saturated carbocycles. The molecule has 0 bridgehead atoms. The molecule has 0 spiro atoms. The van der Waals surface area contributed by atoms with E-state index in [1.807, 2.05) is 63.2 Å². The van der Waals surface area contributed by atoms with Gasteiger partial charge >= 0.3 is 11.9 Å². The van der Waals surface area contributed by atoms with Gasteiger partial charge in [0.1, 0.15) is 11.6 Å². The number of carbonyl (C=O) groups is 3. The third kappa shape index (κ3) is 11.4. The Balaban J connectivity index is 0.000000285. The molecule has 180 valence electrons. The number of ether oxygens (including phenoxy) is 2. The van der Waals surface area contributed by atoms with Gasteiger partial charge in [0, 0.05) is 28.4 Å². The summed E-state index contributed by atoms with van der Waals surface area (Å²) in [7, 11) is 1.35. The Bertz CT molecular complexity index is 876. The van der Waals surface area contributed by atoms with Crippen molar-refractivity contribution in [3.05, 3.63) is 64.6 Å². The topological polar surface area (TPSA) is 72.9 Å². The molecule has 1 unspecified atom stereocenters. The number of hydrogen-bond donors (Lipinski definition) is 1. The van der Waals surface area contributed by atoms with Crippen LogP contribution in [0.4, 0.5) is 0 Å². The van der Waals surface area contributed by atoms with E-state index in [4.69, 9.17) is 9.47 Å². The fourth-order valence-corrected chi connectivity index (χ4v) is 3.42. The van der Waals surface area contributed by atoms with Crippen molar-refractivity contribution in [2.45, 2.75) is 57.1 Å². The molecule has 1 aliphatic heterocycles. The number of thiol groups is 1. The number of nitrogens with zero attached hydrogens (tertiary/aromatic N) is 1. The molecule has 3 rings (SSSR count). The summed E-state index contributed by atoms with van der Waals surface area (Å²) in [4.78, 5) is 36.6. The lowest BCUT2D eigenvalue weighted by molar-refractivity contribution is -0.152. The highest BCUT2D eigenvalue weighted by Gasteiger charge is 2.35. The van der Waals surface area contributed by atoms with E-state index >= 15 is 0 Å². The number of benzene rings is 2. The minimum atomic E-state index is -0.423. The fourth-order valence-electron chi connectivity index (χ4n) is 3.01. The first-order valence-electron chi connectivity index (χ1n) is 10.5. The monoisotopic (exact) mass is 537 g/mol. The third-order valence-electron chi connectivity index (χ3n) is 4.28. The van der Waals surface area contributed by atoms with Gasteiger partial charge in [0.15, 0.2) is 0 Å². The van der Waals surface area contributed by atoms with E-state index in [1.165, 1.54) is 14.0 Å². The average molecular weight is 539 g/mol. The number of rotatable bonds is 2. The molecule has 6 nitrogen and oxygen atoms in total. The first kappa shape index (κ1) is 28.7. The molecule has 0 aromatic heterocycles. The van der Waals surface area contributed by atoms with Crippen LogP contribution in [0.15, 0.2) is 64.0 Å². The number of halogens is 1. The molecule has 1 fully saturated rings. The van der Waals surface area contributed by atoms with E-state index in [0.29, 0.717) is 18.5 Å². The van der Waals surface area contributed by atoms with Gasteiger partial charge in [-0.15, -0.1) is 12.6 Å². The molecule has 33 heavy (non-hydrogen) atoms. The van der Waals surface area contributed by atoms with Crippen molar-refractivity contribution >= 4 is 46.4 Å². The van der Waals surface area contributed by atoms with Crippen LogP contribution in [0.3, 0.4) is 0 Å². The van der Waals surface area contributed by atoms with E-state index in [1.54, 1.807) is 17.0 Å². The predicted octanol–water partition coefficient (Wildman–Crippen LogP) is 5.55. The number of carbonyl (C=O) groups excluding carboxylic acids is 3. The minimum absolute atomic E-state index is 0.0986. The van der Waals surface area contributed by atoms with E-state index in [-0.39, 0.29) is 23.4 Å². The zero-order valence-electron chi connectivity index (χ0n) is 19.7. The van der Waals surface area contributed by atoms with Gasteiger partial charge < -0.3 is 14.4 Å². The number of amides is 1. The van der Waals surface area contributed by atoms with E-state index < -0.39 is 6.04 Å². The van der Waals surface area contributed by atoms with Gasteiger partial charge in [-0.25, -0.2) is 4.79 Å². The molecular weight excluding hydrogens is 506 g/mol. The van der Waals surface area contributed by atoms with E-state index in [0.717, 1.165) is 15.8 Å². The highest BCUT2D eigenvalue weighted by Crippen LogP contribution is 2.21. The number of likely N-dealkylation sites (tertiary alicyclic amines) is 1. The molecule has 2 aromatic carbocycles. The third-order valence-corrected chi connectivity index (χ3v) is 5.11. The Kier molecular flexibility index (Phi) is 12.2. The summed E-state index contributed by atoms with van der Waals surface area (Å²) >= 11 is 7.42. The zero-order valence-corrected chi connectivity index (χ0v) is 22.2. The molecule has 0 radical (unpaired) electrons. The van der Waals surface area contributed by atoms with Crippen LogP contribution < -0.4 is 0 Å². The van der Waals surface area contributed by atoms with E-state index in [9.17, 15) is 14.4 Å². The van der Waals surface area contributed by atoms with Crippen LogP contribution in [-0.2, 0) is 19.1 Å². The highest BCUT2D eigenvalue weighted by molar-refractivity contribution is 9.10. The second-order valence-electron chi connectivity index (χ2n) is 8.23. The number of esters is 2. The molecule has 1 atom stereocenters. The fraction of sp³-hybridized carbons (Fsp3) is 0.400. The van der Waals surface area contributed by atoms with Crippen molar-refractivity contribution < 1.29 is 23.9 Å². The second kappa shape index (κ2) is 14.1. The molecule has 8 heteroatoms. The maximum Gasteiger partial charge on any atom is 0.328 e. The van der Waals surface area contributed by atoms with Crippen molar-refractivity contribution in [2.75, 3.05) is 13.7 Å².